The molecule has 0 N–H and O–H groups in total. The maximum absolute atomic E-state index is 5.25. The monoisotopic (exact) mass is 352 g/mol. The van der Waals surface area contributed by atoms with Crippen molar-refractivity contribution < 1.29 is 4.74 Å². The van der Waals surface area contributed by atoms with Crippen molar-refractivity contribution in [2.24, 2.45) is 5.92 Å². The summed E-state index contributed by atoms with van der Waals surface area (Å²) >= 11 is 0. The minimum absolute atomic E-state index is 0.672. The number of rotatable bonds is 5. The lowest BCUT2D eigenvalue weighted by atomic mass is 10.1. The van der Waals surface area contributed by atoms with Gasteiger partial charge in [-0.3, -0.25) is 0 Å². The van der Waals surface area contributed by atoms with Gasteiger partial charge in [0.2, 0.25) is 5.65 Å². The normalized spacial score (nSPS) is 17.4. The summed E-state index contributed by atoms with van der Waals surface area (Å²) in [6, 6.07) is 10.1. The van der Waals surface area contributed by atoms with Gasteiger partial charge in [-0.05, 0) is 56.8 Å². The molecular formula is C19H24N6O. The van der Waals surface area contributed by atoms with E-state index >= 15 is 0 Å². The number of fused-ring (bicyclic) bond motifs is 1. The van der Waals surface area contributed by atoms with Gasteiger partial charge in [-0.2, -0.15) is 9.61 Å². The lowest BCUT2D eigenvalue weighted by molar-refractivity contribution is 0.340. The number of aromatic nitrogens is 4. The van der Waals surface area contributed by atoms with Crippen LogP contribution in [0.4, 0.5) is 5.69 Å². The average molecular weight is 352 g/mol. The van der Waals surface area contributed by atoms with Gasteiger partial charge in [0.1, 0.15) is 12.1 Å². The molecule has 0 radical (unpaired) electrons. The van der Waals surface area contributed by atoms with Crippen LogP contribution in [-0.4, -0.2) is 65.6 Å². The van der Waals surface area contributed by atoms with Crippen molar-refractivity contribution in [3.63, 3.8) is 0 Å². The SMILES string of the molecule is COc1ccc(-c2cc(N3CCC(CN(C)C)C3)c3nncn3n2)cc1. The van der Waals surface area contributed by atoms with Crippen molar-refractivity contribution in [3.05, 3.63) is 36.7 Å². The Balaban J connectivity index is 1.69. The molecule has 1 aromatic carbocycles. The predicted octanol–water partition coefficient (Wildman–Crippen LogP) is 2.19. The molecule has 0 spiro atoms. The Kier molecular flexibility index (Phi) is 4.46. The third-order valence-electron chi connectivity index (χ3n) is 4.88. The number of ether oxygens (including phenoxy) is 1. The molecule has 1 atom stereocenters. The molecule has 26 heavy (non-hydrogen) atoms. The first-order valence-electron chi connectivity index (χ1n) is 8.89. The first kappa shape index (κ1) is 16.8. The molecular weight excluding hydrogens is 328 g/mol. The molecule has 1 saturated heterocycles. The molecule has 4 rings (SSSR count). The van der Waals surface area contributed by atoms with Crippen LogP contribution in [0, 0.1) is 5.92 Å². The topological polar surface area (TPSA) is 58.8 Å². The molecule has 1 aliphatic heterocycles. The van der Waals surface area contributed by atoms with Crippen LogP contribution >= 0.6 is 0 Å². The zero-order chi connectivity index (χ0) is 18.1. The molecule has 0 bridgehead atoms. The molecule has 0 saturated carbocycles. The van der Waals surface area contributed by atoms with Crippen molar-refractivity contribution in [1.29, 1.82) is 0 Å². The predicted molar refractivity (Wildman–Crippen MR) is 102 cm³/mol. The molecule has 3 heterocycles. The number of hydrogen-bond donors (Lipinski definition) is 0. The lowest BCUT2D eigenvalue weighted by Gasteiger charge is -2.21. The van der Waals surface area contributed by atoms with Crippen LogP contribution in [0.3, 0.4) is 0 Å². The van der Waals surface area contributed by atoms with Gasteiger partial charge in [0, 0.05) is 25.2 Å². The van der Waals surface area contributed by atoms with Crippen LogP contribution in [0.15, 0.2) is 36.7 Å². The minimum Gasteiger partial charge on any atom is -0.497 e. The highest BCUT2D eigenvalue weighted by Gasteiger charge is 2.26. The van der Waals surface area contributed by atoms with E-state index in [1.165, 1.54) is 6.42 Å². The van der Waals surface area contributed by atoms with Crippen LogP contribution in [0.5, 0.6) is 5.75 Å². The van der Waals surface area contributed by atoms with Gasteiger partial charge in [-0.25, -0.2) is 0 Å². The van der Waals surface area contributed by atoms with Gasteiger partial charge < -0.3 is 14.5 Å². The fourth-order valence-electron chi connectivity index (χ4n) is 3.66. The van der Waals surface area contributed by atoms with E-state index in [4.69, 9.17) is 4.74 Å². The zero-order valence-corrected chi connectivity index (χ0v) is 15.5. The van der Waals surface area contributed by atoms with Crippen molar-refractivity contribution in [2.75, 3.05) is 45.7 Å². The molecule has 1 fully saturated rings. The van der Waals surface area contributed by atoms with E-state index in [-0.39, 0.29) is 0 Å². The number of anilines is 1. The quantitative estimate of drug-likeness (QED) is 0.702. The molecule has 1 unspecified atom stereocenters. The Hall–Kier alpha value is -2.67. The second-order valence-electron chi connectivity index (χ2n) is 7.11. The summed E-state index contributed by atoms with van der Waals surface area (Å²) < 4.78 is 7.03. The van der Waals surface area contributed by atoms with Crippen molar-refractivity contribution in [1.82, 2.24) is 24.7 Å². The Morgan fingerprint density at radius 3 is 2.77 bits per heavy atom. The fraction of sp³-hybridized carbons (Fsp3) is 0.421. The van der Waals surface area contributed by atoms with Gasteiger partial charge >= 0.3 is 0 Å². The van der Waals surface area contributed by atoms with Crippen LogP contribution in [0.1, 0.15) is 6.42 Å². The summed E-state index contributed by atoms with van der Waals surface area (Å²) in [5, 5.41) is 13.0. The second kappa shape index (κ2) is 6.92. The highest BCUT2D eigenvalue weighted by atomic mass is 16.5. The lowest BCUT2D eigenvalue weighted by Crippen LogP contribution is -2.26. The smallest absolute Gasteiger partial charge is 0.200 e. The highest BCUT2D eigenvalue weighted by molar-refractivity contribution is 5.74. The number of hydrogen-bond acceptors (Lipinski definition) is 6. The fourth-order valence-corrected chi connectivity index (χ4v) is 3.66. The molecule has 0 aliphatic carbocycles. The third-order valence-corrected chi connectivity index (χ3v) is 4.88. The van der Waals surface area contributed by atoms with Gasteiger partial charge in [-0.1, -0.05) is 0 Å². The van der Waals surface area contributed by atoms with Crippen molar-refractivity contribution in [3.8, 4) is 17.0 Å². The Bertz CT molecular complexity index is 889. The number of nitrogens with zero attached hydrogens (tertiary/aromatic N) is 6. The maximum Gasteiger partial charge on any atom is 0.200 e. The summed E-state index contributed by atoms with van der Waals surface area (Å²) in [6.45, 7) is 3.18. The summed E-state index contributed by atoms with van der Waals surface area (Å²) in [6.07, 6.45) is 2.86. The Labute approximate surface area is 153 Å². The number of benzene rings is 1. The van der Waals surface area contributed by atoms with Crippen LogP contribution in [0.25, 0.3) is 16.9 Å². The van der Waals surface area contributed by atoms with E-state index in [9.17, 15) is 0 Å². The first-order valence-corrected chi connectivity index (χ1v) is 8.89. The minimum atomic E-state index is 0.672. The molecule has 136 valence electrons. The summed E-state index contributed by atoms with van der Waals surface area (Å²) in [5.74, 6) is 1.51. The van der Waals surface area contributed by atoms with E-state index in [1.54, 1.807) is 18.0 Å². The highest BCUT2D eigenvalue weighted by Crippen LogP contribution is 2.30. The van der Waals surface area contributed by atoms with E-state index in [0.29, 0.717) is 5.92 Å². The second-order valence-corrected chi connectivity index (χ2v) is 7.11. The molecule has 0 amide bonds. The summed E-state index contributed by atoms with van der Waals surface area (Å²) in [7, 11) is 5.94. The van der Waals surface area contributed by atoms with Gasteiger partial charge in [-0.15, -0.1) is 10.2 Å². The molecule has 3 aromatic rings. The summed E-state index contributed by atoms with van der Waals surface area (Å²) in [4.78, 5) is 4.67. The van der Waals surface area contributed by atoms with E-state index in [1.807, 2.05) is 24.3 Å². The van der Waals surface area contributed by atoms with Gasteiger partial charge in [0.15, 0.2) is 0 Å². The van der Waals surface area contributed by atoms with Crippen molar-refractivity contribution >= 4 is 11.3 Å². The van der Waals surface area contributed by atoms with Gasteiger partial charge in [0.25, 0.3) is 0 Å². The third kappa shape index (κ3) is 3.22. The maximum atomic E-state index is 5.25. The van der Waals surface area contributed by atoms with Crippen LogP contribution in [-0.2, 0) is 0 Å². The van der Waals surface area contributed by atoms with Gasteiger partial charge in [0.05, 0.1) is 18.5 Å². The first-order chi connectivity index (χ1) is 12.6. The largest absolute Gasteiger partial charge is 0.497 e. The van der Waals surface area contributed by atoms with Crippen LogP contribution < -0.4 is 9.64 Å². The Morgan fingerprint density at radius 1 is 1.23 bits per heavy atom. The molecule has 1 aliphatic rings. The van der Waals surface area contributed by atoms with E-state index in [0.717, 1.165) is 48.0 Å². The van der Waals surface area contributed by atoms with E-state index in [2.05, 4.69) is 45.3 Å². The van der Waals surface area contributed by atoms with Crippen LogP contribution in [0.2, 0.25) is 0 Å². The standard InChI is InChI=1S/C19H24N6O/c1-23(2)11-14-8-9-24(12-14)18-10-17(22-25-13-20-21-19(18)25)15-4-6-16(26-3)7-5-15/h4-7,10,13-14H,8-9,11-12H2,1-3H3. The summed E-state index contributed by atoms with van der Waals surface area (Å²) in [5.41, 5.74) is 3.87. The molecule has 2 aromatic heterocycles. The number of methoxy groups -OCH3 is 1. The van der Waals surface area contributed by atoms with E-state index < -0.39 is 0 Å². The zero-order valence-electron chi connectivity index (χ0n) is 15.5. The Morgan fingerprint density at radius 2 is 2.04 bits per heavy atom. The molecule has 7 heteroatoms. The average Bonchev–Trinajstić information content (AvgIpc) is 3.29. The van der Waals surface area contributed by atoms with Crippen molar-refractivity contribution in [2.45, 2.75) is 6.42 Å². The molecule has 7 nitrogen and oxygen atoms in total.